The maximum atomic E-state index is 13.4. The van der Waals surface area contributed by atoms with Crippen molar-refractivity contribution in [3.05, 3.63) is 75.5 Å². The van der Waals surface area contributed by atoms with E-state index in [0.717, 1.165) is 37.6 Å². The molecule has 0 radical (unpaired) electrons. The number of carbonyl (C=O) groups is 2. The van der Waals surface area contributed by atoms with Crippen LogP contribution in [-0.4, -0.2) is 81.0 Å². The molecule has 2 unspecified atom stereocenters. The second kappa shape index (κ2) is 12.7. The topological polar surface area (TPSA) is 124 Å². The highest BCUT2D eigenvalue weighted by Gasteiger charge is 2.42. The molecule has 2 aromatic rings. The lowest BCUT2D eigenvalue weighted by Gasteiger charge is -2.36. The molecule has 11 heteroatoms. The Morgan fingerprint density at radius 3 is 2.38 bits per heavy atom. The number of hydrogen-bond donors (Lipinski definition) is 0. The number of hydrogen-bond acceptors (Lipinski definition) is 10. The van der Waals surface area contributed by atoms with Crippen molar-refractivity contribution < 1.29 is 28.7 Å². The Labute approximate surface area is 233 Å². The zero-order valence-corrected chi connectivity index (χ0v) is 23.2. The van der Waals surface area contributed by atoms with E-state index >= 15 is 0 Å². The third-order valence-electron chi connectivity index (χ3n) is 7.39. The van der Waals surface area contributed by atoms with Crippen LogP contribution in [0.2, 0.25) is 0 Å². The molecule has 0 aromatic heterocycles. The monoisotopic (exact) mass is 550 g/mol. The van der Waals surface area contributed by atoms with E-state index < -0.39 is 28.7 Å². The van der Waals surface area contributed by atoms with Crippen molar-refractivity contribution in [3.8, 4) is 5.75 Å². The number of non-ortho nitro benzene ring substituents is 1. The Morgan fingerprint density at radius 1 is 1.05 bits per heavy atom. The summed E-state index contributed by atoms with van der Waals surface area (Å²) in [6.07, 6.45) is 0. The van der Waals surface area contributed by atoms with Crippen LogP contribution in [0.1, 0.15) is 25.3 Å². The molecule has 0 amide bonds. The summed E-state index contributed by atoms with van der Waals surface area (Å²) in [7, 11) is 2.91. The molecule has 1 saturated heterocycles. The van der Waals surface area contributed by atoms with Gasteiger partial charge in [-0.15, -0.1) is 0 Å². The first-order valence-corrected chi connectivity index (χ1v) is 13.1. The van der Waals surface area contributed by atoms with Crippen LogP contribution in [0, 0.1) is 16.0 Å². The third kappa shape index (κ3) is 6.31. The Bertz CT molecular complexity index is 1310. The number of benzene rings is 2. The first-order valence-electron chi connectivity index (χ1n) is 13.1. The van der Waals surface area contributed by atoms with Gasteiger partial charge in [0.1, 0.15) is 18.3 Å². The van der Waals surface area contributed by atoms with Gasteiger partial charge in [-0.05, 0) is 43.7 Å². The van der Waals surface area contributed by atoms with E-state index in [-0.39, 0.29) is 17.9 Å². The van der Waals surface area contributed by atoms with E-state index in [2.05, 4.69) is 14.8 Å². The molecular weight excluding hydrogens is 516 g/mol. The normalized spacial score (nSPS) is 19.6. The Balaban J connectivity index is 1.44. The minimum absolute atomic E-state index is 0.138. The predicted octanol–water partition coefficient (Wildman–Crippen LogP) is 3.59. The second-order valence-corrected chi connectivity index (χ2v) is 9.75. The van der Waals surface area contributed by atoms with Crippen LogP contribution in [-0.2, 0) is 19.1 Å². The van der Waals surface area contributed by atoms with E-state index in [1.54, 1.807) is 27.0 Å². The van der Waals surface area contributed by atoms with E-state index in [4.69, 9.17) is 14.2 Å². The van der Waals surface area contributed by atoms with E-state index in [0.29, 0.717) is 23.5 Å². The second-order valence-electron chi connectivity index (χ2n) is 9.75. The zero-order valence-electron chi connectivity index (χ0n) is 23.2. The number of nitrogens with zero attached hydrogens (tertiary/aromatic N) is 4. The first-order chi connectivity index (χ1) is 19.2. The number of aliphatic imine (C=N–C) groups is 1. The van der Waals surface area contributed by atoms with Gasteiger partial charge in [0.05, 0.1) is 24.7 Å². The number of esters is 2. The molecule has 2 atom stereocenters. The predicted molar refractivity (Wildman–Crippen MR) is 150 cm³/mol. The lowest BCUT2D eigenvalue weighted by atomic mass is 9.75. The number of anilines is 1. The molecule has 1 fully saturated rings. The summed E-state index contributed by atoms with van der Waals surface area (Å²) in [5.74, 6) is -2.10. The van der Waals surface area contributed by atoms with Crippen LogP contribution in [0.3, 0.4) is 0 Å². The van der Waals surface area contributed by atoms with Gasteiger partial charge in [0.25, 0.3) is 5.69 Å². The lowest BCUT2D eigenvalue weighted by Crippen LogP contribution is -2.47. The summed E-state index contributed by atoms with van der Waals surface area (Å²) in [5, 5.41) is 11.4. The number of ether oxygens (including phenoxy) is 3. The minimum Gasteiger partial charge on any atom is -0.497 e. The SMILES string of the molecule is COC(=O)C1C(C)=NC(C)=C(C(=O)OCCN2CCN(c3ccc(OC)cc3)CC2)C1c1cccc([N+](=O)[O-])c1. The molecule has 2 aromatic carbocycles. The van der Waals surface area contributed by atoms with Crippen molar-refractivity contribution in [1.82, 2.24) is 4.90 Å². The van der Waals surface area contributed by atoms with Gasteiger partial charge in [-0.1, -0.05) is 12.1 Å². The molecule has 2 heterocycles. The number of nitro groups is 1. The van der Waals surface area contributed by atoms with Crippen molar-refractivity contribution >= 4 is 29.0 Å². The molecule has 2 aliphatic heterocycles. The van der Waals surface area contributed by atoms with Crippen LogP contribution < -0.4 is 9.64 Å². The zero-order chi connectivity index (χ0) is 28.8. The van der Waals surface area contributed by atoms with Gasteiger partial charge in [-0.2, -0.15) is 0 Å². The number of nitro benzene ring substituents is 1. The van der Waals surface area contributed by atoms with Crippen LogP contribution in [0.5, 0.6) is 5.75 Å². The first kappa shape index (κ1) is 28.8. The quantitative estimate of drug-likeness (QED) is 0.262. The maximum Gasteiger partial charge on any atom is 0.336 e. The van der Waals surface area contributed by atoms with Gasteiger partial charge < -0.3 is 19.1 Å². The molecule has 0 N–H and O–H groups in total. The van der Waals surface area contributed by atoms with Gasteiger partial charge in [-0.3, -0.25) is 24.8 Å². The van der Waals surface area contributed by atoms with Crippen LogP contribution in [0.15, 0.2) is 64.8 Å². The van der Waals surface area contributed by atoms with Gasteiger partial charge in [-0.25, -0.2) is 4.79 Å². The largest absolute Gasteiger partial charge is 0.497 e. The van der Waals surface area contributed by atoms with Crippen LogP contribution >= 0.6 is 0 Å². The van der Waals surface area contributed by atoms with Crippen molar-refractivity contribution in [2.75, 3.05) is 58.5 Å². The lowest BCUT2D eigenvalue weighted by molar-refractivity contribution is -0.384. The minimum atomic E-state index is -0.913. The number of carbonyl (C=O) groups excluding carboxylic acids is 2. The molecule has 40 heavy (non-hydrogen) atoms. The maximum absolute atomic E-state index is 13.4. The van der Waals surface area contributed by atoms with E-state index in [1.807, 2.05) is 24.3 Å². The van der Waals surface area contributed by atoms with Gasteiger partial charge >= 0.3 is 11.9 Å². The number of methoxy groups -OCH3 is 2. The molecule has 0 saturated carbocycles. The highest BCUT2D eigenvalue weighted by atomic mass is 16.6. The average Bonchev–Trinajstić information content (AvgIpc) is 2.96. The average molecular weight is 551 g/mol. The summed E-state index contributed by atoms with van der Waals surface area (Å²) >= 11 is 0. The number of rotatable bonds is 9. The molecule has 0 aliphatic carbocycles. The molecule has 212 valence electrons. The standard InChI is InChI=1S/C29H34N4O7/c1-19-25(28(34)39-4)27(21-6-5-7-23(18-21)33(36)37)26(20(2)30-19)29(35)40-17-16-31-12-14-32(15-13-31)22-8-10-24(38-3)11-9-22/h5-11,18,25,27H,12-17H2,1-4H3. The summed E-state index contributed by atoms with van der Waals surface area (Å²) < 4.78 is 16.0. The number of allylic oxidation sites excluding steroid dienone is 1. The summed E-state index contributed by atoms with van der Waals surface area (Å²) in [5.41, 5.74) is 2.51. The van der Waals surface area contributed by atoms with Crippen molar-refractivity contribution in [2.45, 2.75) is 19.8 Å². The summed E-state index contributed by atoms with van der Waals surface area (Å²) in [6, 6.07) is 13.9. The molecule has 0 spiro atoms. The molecule has 0 bridgehead atoms. The third-order valence-corrected chi connectivity index (χ3v) is 7.39. The van der Waals surface area contributed by atoms with Crippen molar-refractivity contribution in [2.24, 2.45) is 10.9 Å². The fraction of sp³-hybridized carbons (Fsp3) is 0.414. The fourth-order valence-corrected chi connectivity index (χ4v) is 5.29. The summed E-state index contributed by atoms with van der Waals surface area (Å²) in [6.45, 7) is 7.39. The highest BCUT2D eigenvalue weighted by molar-refractivity contribution is 6.07. The summed E-state index contributed by atoms with van der Waals surface area (Å²) in [4.78, 5) is 46.2. The molecular formula is C29H34N4O7. The van der Waals surface area contributed by atoms with E-state index in [9.17, 15) is 19.7 Å². The van der Waals surface area contributed by atoms with Crippen molar-refractivity contribution in [3.63, 3.8) is 0 Å². The van der Waals surface area contributed by atoms with Crippen molar-refractivity contribution in [1.29, 1.82) is 0 Å². The highest BCUT2D eigenvalue weighted by Crippen LogP contribution is 2.41. The Hall–Kier alpha value is -4.25. The Morgan fingerprint density at radius 2 is 1.75 bits per heavy atom. The van der Waals surface area contributed by atoms with Crippen LogP contribution in [0.4, 0.5) is 11.4 Å². The molecule has 11 nitrogen and oxygen atoms in total. The smallest absolute Gasteiger partial charge is 0.336 e. The molecule has 4 rings (SSSR count). The van der Waals surface area contributed by atoms with Gasteiger partial charge in [0.2, 0.25) is 0 Å². The van der Waals surface area contributed by atoms with Gasteiger partial charge in [0, 0.05) is 67.9 Å². The van der Waals surface area contributed by atoms with Gasteiger partial charge in [0.15, 0.2) is 0 Å². The molecule has 2 aliphatic rings. The number of piperazine rings is 1. The van der Waals surface area contributed by atoms with Crippen LogP contribution in [0.25, 0.3) is 0 Å². The van der Waals surface area contributed by atoms with E-state index in [1.165, 1.54) is 25.3 Å². The fourth-order valence-electron chi connectivity index (χ4n) is 5.29. The Kier molecular flexibility index (Phi) is 9.15.